The first-order valence-corrected chi connectivity index (χ1v) is 14.5. The highest BCUT2D eigenvalue weighted by Gasteiger charge is 2.32. The number of piperidine rings is 1. The van der Waals surface area contributed by atoms with Crippen molar-refractivity contribution in [2.45, 2.75) is 46.1 Å². The van der Waals surface area contributed by atoms with E-state index in [-0.39, 0.29) is 18.6 Å². The van der Waals surface area contributed by atoms with Crippen LogP contribution >= 0.6 is 0 Å². The maximum atomic E-state index is 14.0. The van der Waals surface area contributed by atoms with Crippen molar-refractivity contribution >= 4 is 17.3 Å². The van der Waals surface area contributed by atoms with Gasteiger partial charge in [-0.05, 0) is 92.5 Å². The number of aryl methyl sites for hydroxylation is 2. The fourth-order valence-corrected chi connectivity index (χ4v) is 6.69. The average Bonchev–Trinajstić information content (AvgIpc) is 2.99. The highest BCUT2D eigenvalue weighted by molar-refractivity contribution is 5.97. The van der Waals surface area contributed by atoms with Crippen LogP contribution in [-0.2, 0) is 6.42 Å². The molecule has 1 amide bonds. The molecule has 2 aliphatic rings. The van der Waals surface area contributed by atoms with E-state index in [0.29, 0.717) is 25.6 Å². The fraction of sp³-hybridized carbons (Fsp3) is 0.412. The van der Waals surface area contributed by atoms with Crippen LogP contribution in [0.4, 0.5) is 11.4 Å². The normalized spacial score (nSPS) is 18.1. The Morgan fingerprint density at radius 3 is 2.35 bits per heavy atom. The number of piperazine rings is 1. The van der Waals surface area contributed by atoms with E-state index in [1.165, 1.54) is 11.1 Å². The molecule has 6 nitrogen and oxygen atoms in total. The van der Waals surface area contributed by atoms with Gasteiger partial charge in [0.05, 0.1) is 23.9 Å². The maximum absolute atomic E-state index is 14.0. The molecule has 1 unspecified atom stereocenters. The van der Waals surface area contributed by atoms with Crippen LogP contribution < -0.4 is 9.80 Å². The van der Waals surface area contributed by atoms with Crippen LogP contribution in [0.2, 0.25) is 0 Å². The molecule has 0 spiro atoms. The zero-order chi connectivity index (χ0) is 28.2. The summed E-state index contributed by atoms with van der Waals surface area (Å²) in [5.74, 6) is 0.618. The van der Waals surface area contributed by atoms with Crippen molar-refractivity contribution in [1.82, 2.24) is 4.90 Å². The Hall–Kier alpha value is -3.82. The van der Waals surface area contributed by atoms with Gasteiger partial charge in [0.2, 0.25) is 0 Å². The van der Waals surface area contributed by atoms with E-state index in [4.69, 9.17) is 0 Å². The molecule has 0 saturated carbocycles. The SMILES string of the molecule is Cc1cc(C)c(C(=O)N2CCN(c3ccccc3)C(CO)C2)c(C)c1CC1CCN(c2ccccc2C#N)CC1. The predicted molar refractivity (Wildman–Crippen MR) is 161 cm³/mol. The van der Waals surface area contributed by atoms with E-state index >= 15 is 0 Å². The molecule has 2 aliphatic heterocycles. The van der Waals surface area contributed by atoms with Crippen LogP contribution in [0, 0.1) is 38.0 Å². The first-order chi connectivity index (χ1) is 19.4. The van der Waals surface area contributed by atoms with E-state index in [1.54, 1.807) is 0 Å². The highest BCUT2D eigenvalue weighted by Crippen LogP contribution is 2.32. The summed E-state index contributed by atoms with van der Waals surface area (Å²) in [4.78, 5) is 20.4. The number of hydrogen-bond acceptors (Lipinski definition) is 5. The van der Waals surface area contributed by atoms with Crippen LogP contribution in [0.5, 0.6) is 0 Å². The summed E-state index contributed by atoms with van der Waals surface area (Å²) in [7, 11) is 0. The molecule has 2 fully saturated rings. The molecule has 0 aromatic heterocycles. The van der Waals surface area contributed by atoms with E-state index in [1.807, 2.05) is 54.3 Å². The smallest absolute Gasteiger partial charge is 0.254 e. The second-order valence-electron chi connectivity index (χ2n) is 11.4. The Morgan fingerprint density at radius 1 is 0.950 bits per heavy atom. The van der Waals surface area contributed by atoms with Gasteiger partial charge in [-0.1, -0.05) is 36.4 Å². The number of anilines is 2. The van der Waals surface area contributed by atoms with Gasteiger partial charge in [0, 0.05) is 44.0 Å². The highest BCUT2D eigenvalue weighted by atomic mass is 16.3. The minimum absolute atomic E-state index is 0.00727. The maximum Gasteiger partial charge on any atom is 0.254 e. The van der Waals surface area contributed by atoms with Crippen molar-refractivity contribution in [2.24, 2.45) is 5.92 Å². The van der Waals surface area contributed by atoms with Crippen LogP contribution in [-0.4, -0.2) is 61.3 Å². The Bertz CT molecular complexity index is 1390. The molecule has 0 radical (unpaired) electrons. The second-order valence-corrected chi connectivity index (χ2v) is 11.4. The van der Waals surface area contributed by atoms with Gasteiger partial charge in [-0.3, -0.25) is 4.79 Å². The largest absolute Gasteiger partial charge is 0.394 e. The van der Waals surface area contributed by atoms with Crippen molar-refractivity contribution in [3.05, 3.63) is 94.0 Å². The van der Waals surface area contributed by atoms with Crippen molar-refractivity contribution in [2.75, 3.05) is 49.1 Å². The molecule has 0 bridgehead atoms. The lowest BCUT2D eigenvalue weighted by atomic mass is 9.83. The predicted octanol–water partition coefficient (Wildman–Crippen LogP) is 5.27. The van der Waals surface area contributed by atoms with Crippen molar-refractivity contribution < 1.29 is 9.90 Å². The number of para-hydroxylation sites is 2. The van der Waals surface area contributed by atoms with Gasteiger partial charge in [-0.15, -0.1) is 0 Å². The number of aliphatic hydroxyl groups is 1. The quantitative estimate of drug-likeness (QED) is 0.465. The number of carbonyl (C=O) groups is 1. The molecule has 40 heavy (non-hydrogen) atoms. The number of amides is 1. The minimum Gasteiger partial charge on any atom is -0.394 e. The summed E-state index contributed by atoms with van der Waals surface area (Å²) in [5, 5.41) is 19.7. The van der Waals surface area contributed by atoms with E-state index in [0.717, 1.165) is 66.0 Å². The Morgan fingerprint density at radius 2 is 1.65 bits per heavy atom. The molecule has 3 aromatic rings. The molecular formula is C34H40N4O2. The number of carbonyl (C=O) groups excluding carboxylic acids is 1. The zero-order valence-electron chi connectivity index (χ0n) is 23.9. The molecule has 5 rings (SSSR count). The van der Waals surface area contributed by atoms with Gasteiger partial charge in [0.25, 0.3) is 5.91 Å². The van der Waals surface area contributed by atoms with E-state index in [2.05, 4.69) is 47.9 Å². The summed E-state index contributed by atoms with van der Waals surface area (Å²) in [5.41, 5.74) is 8.36. The summed E-state index contributed by atoms with van der Waals surface area (Å²) < 4.78 is 0. The number of rotatable bonds is 6. The molecule has 3 aromatic carbocycles. The van der Waals surface area contributed by atoms with Gasteiger partial charge in [0.1, 0.15) is 6.07 Å². The Kier molecular flexibility index (Phi) is 8.42. The molecule has 0 aliphatic carbocycles. The molecule has 6 heteroatoms. The van der Waals surface area contributed by atoms with Gasteiger partial charge in [-0.25, -0.2) is 0 Å². The lowest BCUT2D eigenvalue weighted by molar-refractivity contribution is 0.0697. The lowest BCUT2D eigenvalue weighted by Gasteiger charge is -2.42. The summed E-state index contributed by atoms with van der Waals surface area (Å²) in [6, 6.07) is 22.4. The lowest BCUT2D eigenvalue weighted by Crippen LogP contribution is -2.56. The first-order valence-electron chi connectivity index (χ1n) is 14.5. The molecule has 2 heterocycles. The standard InChI is InChI=1S/C34H40N4O2/c1-24-19-25(2)33(34(40)37-17-18-38(30(22-37)23-39)29-10-5-4-6-11-29)26(3)31(24)20-27-13-15-36(16-14-27)32-12-8-7-9-28(32)21-35/h4-12,19,27,30,39H,13-18,20,22-23H2,1-3H3. The van der Waals surface area contributed by atoms with Crippen molar-refractivity contribution in [3.8, 4) is 6.07 Å². The van der Waals surface area contributed by atoms with Crippen LogP contribution in [0.25, 0.3) is 0 Å². The van der Waals surface area contributed by atoms with Gasteiger partial charge in [-0.2, -0.15) is 5.26 Å². The number of benzene rings is 3. The topological polar surface area (TPSA) is 70.8 Å². The number of aliphatic hydroxyl groups excluding tert-OH is 1. The molecular weight excluding hydrogens is 496 g/mol. The molecule has 208 valence electrons. The minimum atomic E-state index is -0.123. The average molecular weight is 537 g/mol. The van der Waals surface area contributed by atoms with Crippen LogP contribution in [0.3, 0.4) is 0 Å². The van der Waals surface area contributed by atoms with Crippen molar-refractivity contribution in [1.29, 1.82) is 5.26 Å². The monoisotopic (exact) mass is 536 g/mol. The number of nitriles is 1. The number of nitrogens with zero attached hydrogens (tertiary/aromatic N) is 4. The third kappa shape index (κ3) is 5.57. The fourth-order valence-electron chi connectivity index (χ4n) is 6.69. The van der Waals surface area contributed by atoms with Gasteiger partial charge in [0.15, 0.2) is 0 Å². The Balaban J connectivity index is 1.30. The third-order valence-electron chi connectivity index (χ3n) is 8.89. The van der Waals surface area contributed by atoms with Crippen LogP contribution in [0.15, 0.2) is 60.7 Å². The molecule has 1 N–H and O–H groups in total. The number of hydrogen-bond donors (Lipinski definition) is 1. The van der Waals surface area contributed by atoms with Gasteiger partial charge < -0.3 is 19.8 Å². The second kappa shape index (κ2) is 12.1. The summed E-state index contributed by atoms with van der Waals surface area (Å²) >= 11 is 0. The summed E-state index contributed by atoms with van der Waals surface area (Å²) in [6.45, 7) is 10.1. The van der Waals surface area contributed by atoms with E-state index < -0.39 is 0 Å². The first kappa shape index (κ1) is 27.7. The van der Waals surface area contributed by atoms with Crippen molar-refractivity contribution in [3.63, 3.8) is 0 Å². The molecule has 1 atom stereocenters. The third-order valence-corrected chi connectivity index (χ3v) is 8.89. The molecule has 2 saturated heterocycles. The summed E-state index contributed by atoms with van der Waals surface area (Å²) in [6.07, 6.45) is 3.10. The Labute approximate surface area is 238 Å². The van der Waals surface area contributed by atoms with Gasteiger partial charge >= 0.3 is 0 Å². The zero-order valence-corrected chi connectivity index (χ0v) is 23.9. The van der Waals surface area contributed by atoms with E-state index in [9.17, 15) is 15.2 Å². The van der Waals surface area contributed by atoms with Crippen LogP contribution in [0.1, 0.15) is 51.0 Å².